The Kier molecular flexibility index (Phi) is 4.31. The van der Waals surface area contributed by atoms with Gasteiger partial charge in [0.15, 0.2) is 5.78 Å². The lowest BCUT2D eigenvalue weighted by atomic mass is 10.1. The molecule has 0 spiro atoms. The molecule has 2 N–H and O–H groups in total. The van der Waals surface area contributed by atoms with Gasteiger partial charge in [-0.15, -0.1) is 0 Å². The molecule has 0 heterocycles. The van der Waals surface area contributed by atoms with Gasteiger partial charge in [0.05, 0.1) is 12.7 Å². The molecule has 5 heteroatoms. The average Bonchev–Trinajstić information content (AvgIpc) is 2.25. The van der Waals surface area contributed by atoms with Crippen molar-refractivity contribution in [3.63, 3.8) is 0 Å². The van der Waals surface area contributed by atoms with Crippen LogP contribution >= 0.6 is 11.6 Å². The van der Waals surface area contributed by atoms with Crippen molar-refractivity contribution >= 4 is 23.3 Å². The number of ketones is 1. The predicted molar refractivity (Wildman–Crippen MR) is 60.8 cm³/mol. The Balaban J connectivity index is 2.88. The first-order valence-corrected chi connectivity index (χ1v) is 5.07. The number of methoxy groups -OCH3 is 1. The van der Waals surface area contributed by atoms with Gasteiger partial charge in [-0.1, -0.05) is 11.6 Å². The summed E-state index contributed by atoms with van der Waals surface area (Å²) in [4.78, 5) is 22.3. The molecule has 4 nitrogen and oxygen atoms in total. The van der Waals surface area contributed by atoms with E-state index in [-0.39, 0.29) is 18.6 Å². The van der Waals surface area contributed by atoms with Gasteiger partial charge in [0.1, 0.15) is 5.75 Å². The lowest BCUT2D eigenvalue weighted by Crippen LogP contribution is -2.13. The zero-order chi connectivity index (χ0) is 12.1. The molecule has 0 aromatic heterocycles. The number of rotatable bonds is 5. The van der Waals surface area contributed by atoms with Crippen LogP contribution in [-0.2, 0) is 4.79 Å². The van der Waals surface area contributed by atoms with Crippen molar-refractivity contribution in [2.45, 2.75) is 12.8 Å². The number of primary amides is 1. The molecule has 0 saturated heterocycles. The first-order valence-electron chi connectivity index (χ1n) is 4.69. The molecule has 1 aromatic rings. The third kappa shape index (κ3) is 3.24. The normalized spacial score (nSPS) is 9.88. The van der Waals surface area contributed by atoms with Crippen LogP contribution in [-0.4, -0.2) is 18.8 Å². The summed E-state index contributed by atoms with van der Waals surface area (Å²) in [5.74, 6) is -0.272. The summed E-state index contributed by atoms with van der Waals surface area (Å²) in [5.41, 5.74) is 5.34. The van der Waals surface area contributed by atoms with Crippen molar-refractivity contribution in [3.05, 3.63) is 28.8 Å². The quantitative estimate of drug-likeness (QED) is 0.799. The van der Waals surface area contributed by atoms with E-state index < -0.39 is 5.91 Å². The number of nitrogens with two attached hydrogens (primary N) is 1. The van der Waals surface area contributed by atoms with Crippen LogP contribution in [0.5, 0.6) is 5.75 Å². The van der Waals surface area contributed by atoms with Crippen LogP contribution in [0.25, 0.3) is 0 Å². The van der Waals surface area contributed by atoms with Gasteiger partial charge in [-0.3, -0.25) is 9.59 Å². The summed E-state index contributed by atoms with van der Waals surface area (Å²) < 4.78 is 5.03. The van der Waals surface area contributed by atoms with E-state index in [1.807, 2.05) is 0 Å². The number of benzene rings is 1. The molecule has 0 fully saturated rings. The van der Waals surface area contributed by atoms with Crippen LogP contribution in [0.3, 0.4) is 0 Å². The lowest BCUT2D eigenvalue weighted by molar-refractivity contribution is -0.118. The Hall–Kier alpha value is -1.55. The van der Waals surface area contributed by atoms with Crippen molar-refractivity contribution in [1.29, 1.82) is 0 Å². The fourth-order valence-electron chi connectivity index (χ4n) is 1.27. The first kappa shape index (κ1) is 12.5. The fraction of sp³-hybridized carbons (Fsp3) is 0.273. The number of hydrogen-bond acceptors (Lipinski definition) is 3. The van der Waals surface area contributed by atoms with Crippen molar-refractivity contribution in [2.75, 3.05) is 7.11 Å². The molecule has 16 heavy (non-hydrogen) atoms. The zero-order valence-corrected chi connectivity index (χ0v) is 9.58. The molecule has 0 aliphatic heterocycles. The van der Waals surface area contributed by atoms with E-state index in [0.29, 0.717) is 16.3 Å². The molecule has 1 rings (SSSR count). The summed E-state index contributed by atoms with van der Waals surface area (Å²) in [6.07, 6.45) is 0.0839. The average molecular weight is 242 g/mol. The predicted octanol–water partition coefficient (Wildman–Crippen LogP) is 1.80. The fourth-order valence-corrected chi connectivity index (χ4v) is 1.44. The Morgan fingerprint density at radius 2 is 2.06 bits per heavy atom. The Labute approximate surface area is 98.3 Å². The van der Waals surface area contributed by atoms with Crippen LogP contribution in [0.2, 0.25) is 5.02 Å². The lowest BCUT2D eigenvalue weighted by Gasteiger charge is -2.07. The molecule has 1 aromatic carbocycles. The van der Waals surface area contributed by atoms with Gasteiger partial charge in [-0.05, 0) is 18.2 Å². The largest absolute Gasteiger partial charge is 0.496 e. The van der Waals surface area contributed by atoms with Crippen LogP contribution in [0.15, 0.2) is 18.2 Å². The van der Waals surface area contributed by atoms with Gasteiger partial charge in [0.25, 0.3) is 0 Å². The molecule has 0 aliphatic rings. The van der Waals surface area contributed by atoms with Gasteiger partial charge in [0.2, 0.25) is 5.91 Å². The highest BCUT2D eigenvalue weighted by molar-refractivity contribution is 6.31. The van der Waals surface area contributed by atoms with E-state index in [1.54, 1.807) is 12.1 Å². The minimum Gasteiger partial charge on any atom is -0.496 e. The van der Waals surface area contributed by atoms with Gasteiger partial charge >= 0.3 is 0 Å². The number of hydrogen-bond donors (Lipinski definition) is 1. The minimum absolute atomic E-state index is 0.0223. The van der Waals surface area contributed by atoms with Gasteiger partial charge in [0, 0.05) is 17.9 Å². The molecule has 1 amide bonds. The standard InChI is InChI=1S/C11H12ClNO3/c1-16-10-4-2-7(12)6-8(10)9(14)3-5-11(13)15/h2,4,6H,3,5H2,1H3,(H2,13,15). The molecule has 0 saturated carbocycles. The van der Waals surface area contributed by atoms with E-state index in [9.17, 15) is 9.59 Å². The molecule has 0 atom stereocenters. The molecule has 0 aliphatic carbocycles. The monoisotopic (exact) mass is 241 g/mol. The Bertz CT molecular complexity index is 418. The third-order valence-corrected chi connectivity index (χ3v) is 2.30. The van der Waals surface area contributed by atoms with Crippen molar-refractivity contribution in [1.82, 2.24) is 0 Å². The number of amides is 1. The highest BCUT2D eigenvalue weighted by atomic mass is 35.5. The van der Waals surface area contributed by atoms with E-state index >= 15 is 0 Å². The summed E-state index contributed by atoms with van der Waals surface area (Å²) in [5, 5.41) is 0.447. The highest BCUT2D eigenvalue weighted by Crippen LogP contribution is 2.24. The zero-order valence-electron chi connectivity index (χ0n) is 8.83. The summed E-state index contributed by atoms with van der Waals surface area (Å²) >= 11 is 5.78. The van der Waals surface area contributed by atoms with E-state index in [1.165, 1.54) is 13.2 Å². The number of ether oxygens (including phenoxy) is 1. The minimum atomic E-state index is -0.505. The van der Waals surface area contributed by atoms with Crippen molar-refractivity contribution in [3.8, 4) is 5.75 Å². The number of carbonyl (C=O) groups is 2. The maximum absolute atomic E-state index is 11.7. The van der Waals surface area contributed by atoms with E-state index in [2.05, 4.69) is 0 Å². The smallest absolute Gasteiger partial charge is 0.217 e. The first-order chi connectivity index (χ1) is 7.54. The summed E-state index contributed by atoms with van der Waals surface area (Å²) in [6, 6.07) is 4.76. The second-order valence-electron chi connectivity index (χ2n) is 3.23. The van der Waals surface area contributed by atoms with Crippen LogP contribution < -0.4 is 10.5 Å². The van der Waals surface area contributed by atoms with Crippen LogP contribution in [0.4, 0.5) is 0 Å². The Morgan fingerprint density at radius 3 is 2.62 bits per heavy atom. The second kappa shape index (κ2) is 5.51. The molecular formula is C11H12ClNO3. The Morgan fingerprint density at radius 1 is 1.38 bits per heavy atom. The van der Waals surface area contributed by atoms with Crippen LogP contribution in [0, 0.1) is 0 Å². The molecule has 0 unspecified atom stereocenters. The second-order valence-corrected chi connectivity index (χ2v) is 3.67. The SMILES string of the molecule is COc1ccc(Cl)cc1C(=O)CCC(N)=O. The van der Waals surface area contributed by atoms with Crippen molar-refractivity contribution in [2.24, 2.45) is 5.73 Å². The number of halogens is 1. The molecule has 86 valence electrons. The molecule has 0 bridgehead atoms. The maximum atomic E-state index is 11.7. The molecular weight excluding hydrogens is 230 g/mol. The van der Waals surface area contributed by atoms with E-state index in [4.69, 9.17) is 22.1 Å². The van der Waals surface area contributed by atoms with Crippen molar-refractivity contribution < 1.29 is 14.3 Å². The number of Topliss-reactive ketones (excluding diaryl/α,β-unsaturated/α-hetero) is 1. The summed E-state index contributed by atoms with van der Waals surface area (Å²) in [7, 11) is 1.47. The highest BCUT2D eigenvalue weighted by Gasteiger charge is 2.13. The topological polar surface area (TPSA) is 69.4 Å². The maximum Gasteiger partial charge on any atom is 0.217 e. The summed E-state index contributed by atoms with van der Waals surface area (Å²) in [6.45, 7) is 0. The van der Waals surface area contributed by atoms with Gasteiger partial charge < -0.3 is 10.5 Å². The number of carbonyl (C=O) groups excluding carboxylic acids is 2. The van der Waals surface area contributed by atoms with Gasteiger partial charge in [-0.25, -0.2) is 0 Å². The van der Waals surface area contributed by atoms with Gasteiger partial charge in [-0.2, -0.15) is 0 Å². The molecule has 0 radical (unpaired) electrons. The van der Waals surface area contributed by atoms with E-state index in [0.717, 1.165) is 0 Å². The van der Waals surface area contributed by atoms with Crippen LogP contribution in [0.1, 0.15) is 23.2 Å². The third-order valence-electron chi connectivity index (χ3n) is 2.06.